The fourth-order valence-electron chi connectivity index (χ4n) is 1.39. The fraction of sp³-hybridized carbons (Fsp3) is 0.231. The smallest absolute Gasteiger partial charge is 0.130 e. The Morgan fingerprint density at radius 1 is 0.938 bits per heavy atom. The van der Waals surface area contributed by atoms with Gasteiger partial charge in [0.1, 0.15) is 5.82 Å². The predicted molar refractivity (Wildman–Crippen MR) is 65.8 cm³/mol. The van der Waals surface area contributed by atoms with Gasteiger partial charge in [0.15, 0.2) is 0 Å². The molecule has 0 aliphatic rings. The molecule has 3 nitrogen and oxygen atoms in total. The van der Waals surface area contributed by atoms with Gasteiger partial charge in [0, 0.05) is 11.6 Å². The van der Waals surface area contributed by atoms with Crippen LogP contribution in [0.2, 0.25) is 0 Å². The summed E-state index contributed by atoms with van der Waals surface area (Å²) >= 11 is 0. The molecule has 2 aromatic rings. The standard InChI is InChI=1S/C13H15N3/c1-10(2)13-14-8-12(9-15-13)16-11-6-4-3-5-7-11/h3-10,16H,1-2H3. The van der Waals surface area contributed by atoms with Crippen LogP contribution in [-0.2, 0) is 0 Å². The zero-order chi connectivity index (χ0) is 11.4. The van der Waals surface area contributed by atoms with E-state index in [1.807, 2.05) is 42.7 Å². The summed E-state index contributed by atoms with van der Waals surface area (Å²) in [4.78, 5) is 8.60. The average molecular weight is 213 g/mol. The largest absolute Gasteiger partial charge is 0.353 e. The van der Waals surface area contributed by atoms with Crippen LogP contribution in [0.1, 0.15) is 25.6 Å². The van der Waals surface area contributed by atoms with E-state index < -0.39 is 0 Å². The van der Waals surface area contributed by atoms with Gasteiger partial charge in [-0.3, -0.25) is 0 Å². The number of rotatable bonds is 3. The second-order valence-electron chi connectivity index (χ2n) is 3.98. The summed E-state index contributed by atoms with van der Waals surface area (Å²) in [6, 6.07) is 9.99. The lowest BCUT2D eigenvalue weighted by Crippen LogP contribution is -1.98. The van der Waals surface area contributed by atoms with E-state index in [1.165, 1.54) is 0 Å². The van der Waals surface area contributed by atoms with Gasteiger partial charge < -0.3 is 5.32 Å². The minimum absolute atomic E-state index is 0.366. The van der Waals surface area contributed by atoms with Crippen molar-refractivity contribution in [2.24, 2.45) is 0 Å². The first kappa shape index (κ1) is 10.6. The molecule has 1 aromatic carbocycles. The molecule has 0 aliphatic carbocycles. The lowest BCUT2D eigenvalue weighted by Gasteiger charge is -2.07. The number of nitrogens with one attached hydrogen (secondary N) is 1. The number of hydrogen-bond acceptors (Lipinski definition) is 3. The van der Waals surface area contributed by atoms with E-state index in [-0.39, 0.29) is 0 Å². The Kier molecular flexibility index (Phi) is 3.15. The van der Waals surface area contributed by atoms with Gasteiger partial charge in [0.2, 0.25) is 0 Å². The van der Waals surface area contributed by atoms with E-state index in [0.29, 0.717) is 5.92 Å². The Morgan fingerprint density at radius 2 is 1.56 bits per heavy atom. The number of benzene rings is 1. The summed E-state index contributed by atoms with van der Waals surface area (Å²) in [6.07, 6.45) is 3.63. The van der Waals surface area contributed by atoms with E-state index in [4.69, 9.17) is 0 Å². The summed E-state index contributed by atoms with van der Waals surface area (Å²) in [5.41, 5.74) is 1.96. The first-order chi connectivity index (χ1) is 7.75. The molecule has 0 saturated carbocycles. The van der Waals surface area contributed by atoms with Crippen molar-refractivity contribution in [1.82, 2.24) is 9.97 Å². The molecule has 1 N–H and O–H groups in total. The first-order valence-corrected chi connectivity index (χ1v) is 5.40. The zero-order valence-corrected chi connectivity index (χ0v) is 9.51. The Labute approximate surface area is 95.6 Å². The quantitative estimate of drug-likeness (QED) is 0.849. The number of aromatic nitrogens is 2. The van der Waals surface area contributed by atoms with Crippen LogP contribution in [-0.4, -0.2) is 9.97 Å². The predicted octanol–water partition coefficient (Wildman–Crippen LogP) is 3.34. The zero-order valence-electron chi connectivity index (χ0n) is 9.51. The van der Waals surface area contributed by atoms with Crippen LogP contribution in [0.3, 0.4) is 0 Å². The van der Waals surface area contributed by atoms with E-state index >= 15 is 0 Å². The van der Waals surface area contributed by atoms with E-state index in [1.54, 1.807) is 0 Å². The molecule has 0 radical (unpaired) electrons. The molecule has 0 aliphatic heterocycles. The molecule has 0 spiro atoms. The van der Waals surface area contributed by atoms with Gasteiger partial charge in [-0.2, -0.15) is 0 Å². The minimum atomic E-state index is 0.366. The van der Waals surface area contributed by atoms with Gasteiger partial charge in [-0.05, 0) is 12.1 Å². The molecule has 0 bridgehead atoms. The first-order valence-electron chi connectivity index (χ1n) is 5.40. The third-order valence-corrected chi connectivity index (χ3v) is 2.25. The Morgan fingerprint density at radius 3 is 2.12 bits per heavy atom. The number of nitrogens with zero attached hydrogens (tertiary/aromatic N) is 2. The summed E-state index contributed by atoms with van der Waals surface area (Å²) in [7, 11) is 0. The van der Waals surface area contributed by atoms with Gasteiger partial charge in [-0.25, -0.2) is 9.97 Å². The van der Waals surface area contributed by atoms with Crippen molar-refractivity contribution < 1.29 is 0 Å². The molecule has 0 saturated heterocycles. The number of hydrogen-bond donors (Lipinski definition) is 1. The third-order valence-electron chi connectivity index (χ3n) is 2.25. The highest BCUT2D eigenvalue weighted by Crippen LogP contribution is 2.15. The topological polar surface area (TPSA) is 37.8 Å². The molecule has 3 heteroatoms. The minimum Gasteiger partial charge on any atom is -0.353 e. The molecule has 82 valence electrons. The molecule has 0 atom stereocenters. The van der Waals surface area contributed by atoms with Gasteiger partial charge in [0.25, 0.3) is 0 Å². The number of anilines is 2. The van der Waals surface area contributed by atoms with Crippen LogP contribution in [0.5, 0.6) is 0 Å². The molecular weight excluding hydrogens is 198 g/mol. The van der Waals surface area contributed by atoms with Crippen molar-refractivity contribution in [3.8, 4) is 0 Å². The molecular formula is C13H15N3. The molecule has 0 unspecified atom stereocenters. The van der Waals surface area contributed by atoms with Crippen molar-refractivity contribution in [2.75, 3.05) is 5.32 Å². The average Bonchev–Trinajstić information content (AvgIpc) is 2.31. The second kappa shape index (κ2) is 4.75. The summed E-state index contributed by atoms with van der Waals surface area (Å²) in [6.45, 7) is 4.17. The normalized spacial score (nSPS) is 10.4. The van der Waals surface area contributed by atoms with Gasteiger partial charge in [-0.1, -0.05) is 32.0 Å². The van der Waals surface area contributed by atoms with Crippen molar-refractivity contribution in [1.29, 1.82) is 0 Å². The van der Waals surface area contributed by atoms with Crippen molar-refractivity contribution in [2.45, 2.75) is 19.8 Å². The van der Waals surface area contributed by atoms with Crippen LogP contribution in [0.4, 0.5) is 11.4 Å². The highest BCUT2D eigenvalue weighted by Gasteiger charge is 2.01. The summed E-state index contributed by atoms with van der Waals surface area (Å²) < 4.78 is 0. The van der Waals surface area contributed by atoms with Gasteiger partial charge in [0.05, 0.1) is 18.1 Å². The summed E-state index contributed by atoms with van der Waals surface area (Å²) in [5, 5.41) is 3.25. The summed E-state index contributed by atoms with van der Waals surface area (Å²) in [5.74, 6) is 1.24. The third kappa shape index (κ3) is 2.57. The second-order valence-corrected chi connectivity index (χ2v) is 3.98. The van der Waals surface area contributed by atoms with E-state index in [0.717, 1.165) is 17.2 Å². The van der Waals surface area contributed by atoms with E-state index in [2.05, 4.69) is 29.1 Å². The van der Waals surface area contributed by atoms with Crippen molar-refractivity contribution >= 4 is 11.4 Å². The molecule has 1 aromatic heterocycles. The van der Waals surface area contributed by atoms with Crippen LogP contribution in [0, 0.1) is 0 Å². The maximum absolute atomic E-state index is 4.30. The van der Waals surface area contributed by atoms with Gasteiger partial charge >= 0.3 is 0 Å². The highest BCUT2D eigenvalue weighted by atomic mass is 15.0. The van der Waals surface area contributed by atoms with Crippen molar-refractivity contribution in [3.63, 3.8) is 0 Å². The molecule has 0 fully saturated rings. The lowest BCUT2D eigenvalue weighted by molar-refractivity contribution is 0.775. The maximum Gasteiger partial charge on any atom is 0.130 e. The van der Waals surface area contributed by atoms with Crippen LogP contribution < -0.4 is 5.32 Å². The fourth-order valence-corrected chi connectivity index (χ4v) is 1.39. The van der Waals surface area contributed by atoms with Gasteiger partial charge in [-0.15, -0.1) is 0 Å². The van der Waals surface area contributed by atoms with Crippen LogP contribution in [0.15, 0.2) is 42.7 Å². The highest BCUT2D eigenvalue weighted by molar-refractivity contribution is 5.57. The Hall–Kier alpha value is -1.90. The SMILES string of the molecule is CC(C)c1ncc(Nc2ccccc2)cn1. The lowest BCUT2D eigenvalue weighted by atomic mass is 10.2. The van der Waals surface area contributed by atoms with Crippen LogP contribution in [0.25, 0.3) is 0 Å². The maximum atomic E-state index is 4.30. The molecule has 1 heterocycles. The number of para-hydroxylation sites is 1. The van der Waals surface area contributed by atoms with E-state index in [9.17, 15) is 0 Å². The monoisotopic (exact) mass is 213 g/mol. The molecule has 2 rings (SSSR count). The molecule has 16 heavy (non-hydrogen) atoms. The Bertz CT molecular complexity index is 434. The molecule has 0 amide bonds. The van der Waals surface area contributed by atoms with Crippen molar-refractivity contribution in [3.05, 3.63) is 48.5 Å². The Balaban J connectivity index is 2.11. The van der Waals surface area contributed by atoms with Crippen LogP contribution >= 0.6 is 0 Å².